The molecule has 0 spiro atoms. The van der Waals surface area contributed by atoms with Gasteiger partial charge in [-0.3, -0.25) is 4.79 Å². The van der Waals surface area contributed by atoms with Gasteiger partial charge in [0.25, 0.3) is 0 Å². The van der Waals surface area contributed by atoms with Crippen LogP contribution in [0.2, 0.25) is 0 Å². The van der Waals surface area contributed by atoms with E-state index >= 15 is 0 Å². The summed E-state index contributed by atoms with van der Waals surface area (Å²) in [7, 11) is 0. The highest BCUT2D eigenvalue weighted by atomic mass is 16.3. The molecular weight excluding hydrogens is 304 g/mol. The number of benzene rings is 2. The molecule has 124 valence electrons. The average molecular weight is 324 g/mol. The number of hydrogen-bond donors (Lipinski definition) is 3. The number of rotatable bonds is 4. The molecule has 24 heavy (non-hydrogen) atoms. The number of nitrogens with zero attached hydrogens (tertiary/aromatic N) is 2. The Labute approximate surface area is 139 Å². The third kappa shape index (κ3) is 3.15. The molecule has 1 heterocycles. The number of amides is 1. The van der Waals surface area contributed by atoms with Crippen LogP contribution in [0.1, 0.15) is 12.5 Å². The second kappa shape index (κ2) is 6.43. The zero-order valence-corrected chi connectivity index (χ0v) is 13.6. The molecule has 4 N–H and O–H groups in total. The van der Waals surface area contributed by atoms with Crippen LogP contribution in [0.4, 0.5) is 5.69 Å². The van der Waals surface area contributed by atoms with E-state index in [1.54, 1.807) is 12.3 Å². The van der Waals surface area contributed by atoms with Gasteiger partial charge in [0.15, 0.2) is 0 Å². The summed E-state index contributed by atoms with van der Waals surface area (Å²) in [6.07, 6.45) is 0.872. The van der Waals surface area contributed by atoms with Crippen molar-refractivity contribution < 1.29 is 9.90 Å². The maximum atomic E-state index is 12.0. The Morgan fingerprint density at radius 1 is 1.29 bits per heavy atom. The number of carbonyl (C=O) groups excluding carboxylic acids is 1. The van der Waals surface area contributed by atoms with Gasteiger partial charge in [-0.25, -0.2) is 4.68 Å². The van der Waals surface area contributed by atoms with Crippen LogP contribution in [-0.2, 0) is 4.79 Å². The van der Waals surface area contributed by atoms with Crippen LogP contribution in [0.3, 0.4) is 0 Å². The zero-order chi connectivity index (χ0) is 17.3. The van der Waals surface area contributed by atoms with E-state index in [0.717, 1.165) is 22.2 Å². The molecule has 0 aliphatic heterocycles. The van der Waals surface area contributed by atoms with E-state index in [1.165, 1.54) is 6.92 Å². The summed E-state index contributed by atoms with van der Waals surface area (Å²) in [5.74, 6) is -0.425. The van der Waals surface area contributed by atoms with E-state index < -0.39 is 18.1 Å². The molecule has 0 radical (unpaired) electrons. The van der Waals surface area contributed by atoms with Crippen LogP contribution < -0.4 is 11.1 Å². The largest absolute Gasteiger partial charge is 0.391 e. The number of aliphatic hydroxyl groups is 1. The SMILES string of the molecule is Cc1cccc(-n2ncc3ccc(NC(=O)[C@@H](N)[C@H](C)O)cc32)c1. The van der Waals surface area contributed by atoms with Gasteiger partial charge in [0.05, 0.1) is 23.5 Å². The van der Waals surface area contributed by atoms with Crippen molar-refractivity contribution in [2.75, 3.05) is 5.32 Å². The quantitative estimate of drug-likeness (QED) is 0.684. The highest BCUT2D eigenvalue weighted by Crippen LogP contribution is 2.22. The third-order valence-electron chi connectivity index (χ3n) is 3.91. The Bertz CT molecular complexity index is 886. The Kier molecular flexibility index (Phi) is 4.33. The van der Waals surface area contributed by atoms with Crippen LogP contribution in [-0.4, -0.2) is 32.9 Å². The van der Waals surface area contributed by atoms with Gasteiger partial charge in [-0.2, -0.15) is 5.10 Å². The van der Waals surface area contributed by atoms with Crippen LogP contribution >= 0.6 is 0 Å². The molecule has 3 aromatic rings. The smallest absolute Gasteiger partial charge is 0.243 e. The van der Waals surface area contributed by atoms with Crippen LogP contribution in [0.15, 0.2) is 48.7 Å². The van der Waals surface area contributed by atoms with Crippen molar-refractivity contribution in [3.05, 3.63) is 54.2 Å². The van der Waals surface area contributed by atoms with Crippen molar-refractivity contribution in [1.29, 1.82) is 0 Å². The second-order valence-electron chi connectivity index (χ2n) is 5.92. The van der Waals surface area contributed by atoms with Gasteiger partial charge < -0.3 is 16.2 Å². The van der Waals surface area contributed by atoms with E-state index in [4.69, 9.17) is 5.73 Å². The van der Waals surface area contributed by atoms with E-state index in [1.807, 2.05) is 48.0 Å². The van der Waals surface area contributed by atoms with Gasteiger partial charge in [-0.15, -0.1) is 0 Å². The summed E-state index contributed by atoms with van der Waals surface area (Å²) in [6, 6.07) is 12.6. The number of hydrogen-bond acceptors (Lipinski definition) is 4. The highest BCUT2D eigenvalue weighted by molar-refractivity contribution is 5.97. The molecule has 2 atom stereocenters. The minimum absolute atomic E-state index is 0.425. The number of fused-ring (bicyclic) bond motifs is 1. The molecule has 0 saturated carbocycles. The number of anilines is 1. The summed E-state index contributed by atoms with van der Waals surface area (Å²) in [5, 5.41) is 17.6. The number of aryl methyl sites for hydroxylation is 1. The third-order valence-corrected chi connectivity index (χ3v) is 3.91. The molecule has 6 nitrogen and oxygen atoms in total. The van der Waals surface area contributed by atoms with Crippen molar-refractivity contribution in [2.24, 2.45) is 5.73 Å². The molecule has 2 aromatic carbocycles. The lowest BCUT2D eigenvalue weighted by Gasteiger charge is -2.14. The van der Waals surface area contributed by atoms with Gasteiger partial charge >= 0.3 is 0 Å². The summed E-state index contributed by atoms with van der Waals surface area (Å²) in [6.45, 7) is 3.51. The molecule has 1 aromatic heterocycles. The fourth-order valence-corrected chi connectivity index (χ4v) is 2.51. The normalized spacial score (nSPS) is 13.7. The van der Waals surface area contributed by atoms with Crippen LogP contribution in [0.5, 0.6) is 0 Å². The Morgan fingerprint density at radius 3 is 2.79 bits per heavy atom. The van der Waals surface area contributed by atoms with Gasteiger partial charge in [0.2, 0.25) is 5.91 Å². The first kappa shape index (κ1) is 16.2. The van der Waals surface area contributed by atoms with Crippen molar-refractivity contribution in [2.45, 2.75) is 26.0 Å². The highest BCUT2D eigenvalue weighted by Gasteiger charge is 2.19. The Hall–Kier alpha value is -2.70. The Balaban J connectivity index is 1.96. The van der Waals surface area contributed by atoms with Gasteiger partial charge in [-0.05, 0) is 49.7 Å². The molecule has 0 aliphatic rings. The fraction of sp³-hybridized carbons (Fsp3) is 0.222. The van der Waals surface area contributed by atoms with E-state index in [9.17, 15) is 9.90 Å². The molecule has 6 heteroatoms. The summed E-state index contributed by atoms with van der Waals surface area (Å²) >= 11 is 0. The molecule has 0 unspecified atom stereocenters. The van der Waals surface area contributed by atoms with Crippen LogP contribution in [0, 0.1) is 6.92 Å². The molecule has 0 fully saturated rings. The maximum absolute atomic E-state index is 12.0. The number of aromatic nitrogens is 2. The molecule has 1 amide bonds. The van der Waals surface area contributed by atoms with Gasteiger partial charge in [0.1, 0.15) is 6.04 Å². The minimum Gasteiger partial charge on any atom is -0.391 e. The first-order chi connectivity index (χ1) is 11.5. The molecular formula is C18H20N4O2. The maximum Gasteiger partial charge on any atom is 0.243 e. The topological polar surface area (TPSA) is 93.2 Å². The molecule has 0 bridgehead atoms. The van der Waals surface area contributed by atoms with E-state index in [2.05, 4.69) is 10.4 Å². The molecule has 0 aliphatic carbocycles. The van der Waals surface area contributed by atoms with E-state index in [-0.39, 0.29) is 0 Å². The lowest BCUT2D eigenvalue weighted by atomic mass is 10.1. The van der Waals surface area contributed by atoms with Gasteiger partial charge in [0, 0.05) is 11.1 Å². The molecule has 3 rings (SSSR count). The number of carbonyl (C=O) groups is 1. The zero-order valence-electron chi connectivity index (χ0n) is 13.6. The average Bonchev–Trinajstić information content (AvgIpc) is 2.97. The lowest BCUT2D eigenvalue weighted by Crippen LogP contribution is -2.43. The van der Waals surface area contributed by atoms with Crippen molar-refractivity contribution in [3.8, 4) is 5.69 Å². The minimum atomic E-state index is -0.970. The predicted octanol–water partition coefficient (Wildman–Crippen LogP) is 1.98. The number of aliphatic hydroxyl groups excluding tert-OH is 1. The van der Waals surface area contributed by atoms with Crippen molar-refractivity contribution in [1.82, 2.24) is 9.78 Å². The fourth-order valence-electron chi connectivity index (χ4n) is 2.51. The first-order valence-corrected chi connectivity index (χ1v) is 7.75. The monoisotopic (exact) mass is 324 g/mol. The standard InChI is InChI=1S/C18H20N4O2/c1-11-4-3-5-15(8-11)22-16-9-14(7-6-13(16)10-20-22)21-18(24)17(19)12(2)23/h3-10,12,17,23H,19H2,1-2H3,(H,21,24)/t12-,17-/m0/s1. The van der Waals surface area contributed by atoms with E-state index in [0.29, 0.717) is 5.69 Å². The first-order valence-electron chi connectivity index (χ1n) is 7.75. The Morgan fingerprint density at radius 2 is 2.08 bits per heavy atom. The number of nitrogens with one attached hydrogen (secondary N) is 1. The molecule has 0 saturated heterocycles. The summed E-state index contributed by atoms with van der Waals surface area (Å²) < 4.78 is 1.83. The van der Waals surface area contributed by atoms with Crippen molar-refractivity contribution in [3.63, 3.8) is 0 Å². The summed E-state index contributed by atoms with van der Waals surface area (Å²) in [4.78, 5) is 12.0. The van der Waals surface area contributed by atoms with Crippen molar-refractivity contribution >= 4 is 22.5 Å². The van der Waals surface area contributed by atoms with Gasteiger partial charge in [-0.1, -0.05) is 12.1 Å². The summed E-state index contributed by atoms with van der Waals surface area (Å²) in [5.41, 5.74) is 9.24. The number of nitrogens with two attached hydrogens (primary N) is 1. The second-order valence-corrected chi connectivity index (χ2v) is 5.92. The predicted molar refractivity (Wildman–Crippen MR) is 94.1 cm³/mol. The lowest BCUT2D eigenvalue weighted by molar-refractivity contribution is -0.119. The van der Waals surface area contributed by atoms with Crippen LogP contribution in [0.25, 0.3) is 16.6 Å².